The van der Waals surface area contributed by atoms with Crippen LogP contribution in [0.3, 0.4) is 0 Å². The van der Waals surface area contributed by atoms with E-state index in [0.717, 1.165) is 35.3 Å². The van der Waals surface area contributed by atoms with E-state index < -0.39 is 17.4 Å². The molecule has 0 saturated carbocycles. The molecule has 0 aromatic heterocycles. The van der Waals surface area contributed by atoms with Crippen molar-refractivity contribution in [2.75, 3.05) is 17.2 Å². The molecule has 3 aromatic carbocycles. The number of carbonyl (C=O) groups is 2. The van der Waals surface area contributed by atoms with Crippen molar-refractivity contribution in [1.29, 1.82) is 0 Å². The summed E-state index contributed by atoms with van der Waals surface area (Å²) in [6.45, 7) is 2.57. The van der Waals surface area contributed by atoms with Gasteiger partial charge in [-0.1, -0.05) is 86.1 Å². The third-order valence-corrected chi connectivity index (χ3v) is 6.17. The lowest BCUT2D eigenvalue weighted by molar-refractivity contribution is -0.140. The molecule has 1 saturated heterocycles. The standard InChI is InChI=1S/C27H25N3O2/c1-2-3-18-30-26(32)25(31)23-24(19-12-6-4-7-13-19)28-21-16-10-11-17-22(21)29-27(23,30)20-14-8-5-9-15-20/h4-17,28-29H,2-3,18H2,1H3. The van der Waals surface area contributed by atoms with Crippen molar-refractivity contribution in [2.24, 2.45) is 0 Å². The van der Waals surface area contributed by atoms with Gasteiger partial charge in [0.25, 0.3) is 11.7 Å². The van der Waals surface area contributed by atoms with Crippen LogP contribution in [-0.2, 0) is 15.3 Å². The lowest BCUT2D eigenvalue weighted by Crippen LogP contribution is -2.50. The second-order valence-electron chi connectivity index (χ2n) is 8.13. The normalized spacial score (nSPS) is 19.7. The Morgan fingerprint density at radius 1 is 0.812 bits per heavy atom. The zero-order valence-corrected chi connectivity index (χ0v) is 18.0. The monoisotopic (exact) mass is 423 g/mol. The van der Waals surface area contributed by atoms with Crippen molar-refractivity contribution >= 4 is 28.8 Å². The van der Waals surface area contributed by atoms with Crippen LogP contribution in [0.15, 0.2) is 90.5 Å². The Morgan fingerprint density at radius 3 is 2.12 bits per heavy atom. The van der Waals surface area contributed by atoms with Gasteiger partial charge in [0.05, 0.1) is 22.6 Å². The molecule has 1 fully saturated rings. The molecule has 0 spiro atoms. The first kappa shape index (κ1) is 20.1. The topological polar surface area (TPSA) is 61.4 Å². The SMILES string of the molecule is CCCCN1C(=O)C(=O)C2=C(c3ccccc3)Nc3ccccc3NC21c1ccccc1. The second kappa shape index (κ2) is 8.00. The number of benzene rings is 3. The summed E-state index contributed by atoms with van der Waals surface area (Å²) < 4.78 is 0. The Bertz CT molecular complexity index is 1200. The quantitative estimate of drug-likeness (QED) is 0.567. The van der Waals surface area contributed by atoms with E-state index in [0.29, 0.717) is 17.8 Å². The number of fused-ring (bicyclic) bond motifs is 2. The molecular formula is C27H25N3O2. The van der Waals surface area contributed by atoms with Crippen LogP contribution in [0.1, 0.15) is 30.9 Å². The number of rotatable bonds is 5. The van der Waals surface area contributed by atoms with Crippen LogP contribution in [0.2, 0.25) is 0 Å². The lowest BCUT2D eigenvalue weighted by Gasteiger charge is -2.40. The van der Waals surface area contributed by atoms with Crippen LogP contribution >= 0.6 is 0 Å². The number of carbonyl (C=O) groups excluding carboxylic acids is 2. The largest absolute Gasteiger partial charge is 0.353 e. The maximum absolute atomic E-state index is 13.7. The number of anilines is 2. The average Bonchev–Trinajstić information content (AvgIpc) is 2.96. The fourth-order valence-electron chi connectivity index (χ4n) is 4.66. The van der Waals surface area contributed by atoms with Gasteiger partial charge in [0.1, 0.15) is 0 Å². The van der Waals surface area contributed by atoms with E-state index in [-0.39, 0.29) is 0 Å². The van der Waals surface area contributed by atoms with E-state index in [2.05, 4.69) is 17.6 Å². The molecule has 160 valence electrons. The van der Waals surface area contributed by atoms with Crippen molar-refractivity contribution in [3.63, 3.8) is 0 Å². The molecule has 5 heteroatoms. The van der Waals surface area contributed by atoms with E-state index in [1.165, 1.54) is 0 Å². The predicted molar refractivity (Wildman–Crippen MR) is 127 cm³/mol. The van der Waals surface area contributed by atoms with Crippen molar-refractivity contribution in [3.8, 4) is 0 Å². The number of hydrogen-bond donors (Lipinski definition) is 2. The van der Waals surface area contributed by atoms with E-state index in [1.54, 1.807) is 4.90 Å². The molecular weight excluding hydrogens is 398 g/mol. The number of unbranched alkanes of at least 4 members (excludes halogenated alkanes) is 1. The first-order valence-corrected chi connectivity index (χ1v) is 11.0. The molecule has 0 radical (unpaired) electrons. The summed E-state index contributed by atoms with van der Waals surface area (Å²) in [5.41, 5.74) is 3.41. The summed E-state index contributed by atoms with van der Waals surface area (Å²) in [5, 5.41) is 7.12. The number of para-hydroxylation sites is 2. The third kappa shape index (κ3) is 3.01. The molecule has 2 N–H and O–H groups in total. The van der Waals surface area contributed by atoms with E-state index in [9.17, 15) is 9.59 Å². The van der Waals surface area contributed by atoms with Crippen LogP contribution < -0.4 is 10.6 Å². The molecule has 1 amide bonds. The molecule has 0 aliphatic carbocycles. The van der Waals surface area contributed by atoms with Crippen molar-refractivity contribution in [2.45, 2.75) is 25.4 Å². The molecule has 0 bridgehead atoms. The molecule has 1 unspecified atom stereocenters. The number of ketones is 1. The Hall–Kier alpha value is -3.86. The number of amides is 1. The fourth-order valence-corrected chi connectivity index (χ4v) is 4.66. The number of likely N-dealkylation sites (tertiary alicyclic amines) is 1. The zero-order valence-electron chi connectivity index (χ0n) is 18.0. The van der Waals surface area contributed by atoms with Gasteiger partial charge in [-0.15, -0.1) is 0 Å². The van der Waals surface area contributed by atoms with Crippen LogP contribution in [0.5, 0.6) is 0 Å². The first-order chi connectivity index (χ1) is 15.7. The predicted octanol–water partition coefficient (Wildman–Crippen LogP) is 5.00. The highest BCUT2D eigenvalue weighted by Gasteiger charge is 2.58. The average molecular weight is 424 g/mol. The minimum absolute atomic E-state index is 0.437. The number of Topliss-reactive ketones (excluding diaryl/α,β-unsaturated/α-hetero) is 1. The lowest BCUT2D eigenvalue weighted by atomic mass is 9.87. The Labute approximate surface area is 187 Å². The highest BCUT2D eigenvalue weighted by Crippen LogP contribution is 2.49. The van der Waals surface area contributed by atoms with Crippen molar-refractivity contribution in [3.05, 3.63) is 102 Å². The fraction of sp³-hybridized carbons (Fsp3) is 0.185. The van der Waals surface area contributed by atoms with Gasteiger partial charge in [-0.3, -0.25) is 9.59 Å². The smallest absolute Gasteiger partial charge is 0.297 e. The molecule has 2 heterocycles. The Balaban J connectivity index is 1.87. The van der Waals surface area contributed by atoms with Crippen LogP contribution in [0.25, 0.3) is 5.70 Å². The summed E-state index contributed by atoms with van der Waals surface area (Å²) in [5.74, 6) is -0.948. The van der Waals surface area contributed by atoms with Gasteiger partial charge in [0.15, 0.2) is 5.66 Å². The van der Waals surface area contributed by atoms with Crippen LogP contribution in [0.4, 0.5) is 11.4 Å². The molecule has 32 heavy (non-hydrogen) atoms. The number of nitrogens with zero attached hydrogens (tertiary/aromatic N) is 1. The van der Waals surface area contributed by atoms with E-state index in [1.807, 2.05) is 84.9 Å². The van der Waals surface area contributed by atoms with Gasteiger partial charge in [-0.25, -0.2) is 0 Å². The third-order valence-electron chi connectivity index (χ3n) is 6.17. The first-order valence-electron chi connectivity index (χ1n) is 11.0. The summed E-state index contributed by atoms with van der Waals surface area (Å²) in [4.78, 5) is 28.8. The van der Waals surface area contributed by atoms with Crippen LogP contribution in [0, 0.1) is 0 Å². The highest BCUT2D eigenvalue weighted by atomic mass is 16.2. The van der Waals surface area contributed by atoms with Crippen LogP contribution in [-0.4, -0.2) is 23.1 Å². The van der Waals surface area contributed by atoms with Gasteiger partial charge in [-0.05, 0) is 24.1 Å². The maximum atomic E-state index is 13.7. The van der Waals surface area contributed by atoms with E-state index in [4.69, 9.17) is 0 Å². The minimum Gasteiger partial charge on any atom is -0.353 e. The number of hydrogen-bond acceptors (Lipinski definition) is 4. The van der Waals surface area contributed by atoms with Gasteiger partial charge in [0.2, 0.25) is 0 Å². The maximum Gasteiger partial charge on any atom is 0.297 e. The Morgan fingerprint density at radius 2 is 1.44 bits per heavy atom. The minimum atomic E-state index is -1.10. The summed E-state index contributed by atoms with van der Waals surface area (Å²) >= 11 is 0. The zero-order chi connectivity index (χ0) is 22.1. The summed E-state index contributed by atoms with van der Waals surface area (Å²) in [7, 11) is 0. The molecule has 2 aliphatic rings. The highest BCUT2D eigenvalue weighted by molar-refractivity contribution is 6.48. The molecule has 1 atom stereocenters. The summed E-state index contributed by atoms with van der Waals surface area (Å²) in [6.07, 6.45) is 1.72. The second-order valence-corrected chi connectivity index (χ2v) is 8.13. The molecule has 2 aliphatic heterocycles. The number of nitrogens with one attached hydrogen (secondary N) is 2. The molecule has 5 rings (SSSR count). The summed E-state index contributed by atoms with van der Waals surface area (Å²) in [6, 6.07) is 27.4. The Kier molecular flexibility index (Phi) is 5.02. The van der Waals surface area contributed by atoms with Gasteiger partial charge < -0.3 is 15.5 Å². The van der Waals surface area contributed by atoms with E-state index >= 15 is 0 Å². The molecule has 5 nitrogen and oxygen atoms in total. The van der Waals surface area contributed by atoms with Gasteiger partial charge >= 0.3 is 0 Å². The van der Waals surface area contributed by atoms with Crippen molar-refractivity contribution in [1.82, 2.24) is 4.90 Å². The van der Waals surface area contributed by atoms with Gasteiger partial charge in [0, 0.05) is 12.1 Å². The van der Waals surface area contributed by atoms with Gasteiger partial charge in [-0.2, -0.15) is 0 Å². The van der Waals surface area contributed by atoms with Crippen molar-refractivity contribution < 1.29 is 9.59 Å². The molecule has 3 aromatic rings.